The first-order chi connectivity index (χ1) is 8.90. The van der Waals surface area contributed by atoms with Crippen molar-refractivity contribution in [2.75, 3.05) is 0 Å². The van der Waals surface area contributed by atoms with E-state index in [1.54, 1.807) is 4.57 Å². The average Bonchev–Trinajstić information content (AvgIpc) is 2.93. The van der Waals surface area contributed by atoms with E-state index in [0.717, 1.165) is 25.7 Å². The highest BCUT2D eigenvalue weighted by Gasteiger charge is 2.44. The van der Waals surface area contributed by atoms with Gasteiger partial charge in [-0.05, 0) is 19.3 Å². The number of fused-ring (bicyclic) bond motifs is 1. The Morgan fingerprint density at radius 2 is 1.89 bits per heavy atom. The fourth-order valence-electron chi connectivity index (χ4n) is 3.19. The minimum Gasteiger partial charge on any atom is -0.319 e. The first-order valence-electron chi connectivity index (χ1n) is 6.68. The third kappa shape index (κ3) is 2.13. The van der Waals surface area contributed by atoms with Gasteiger partial charge in [0.25, 0.3) is 0 Å². The molecule has 19 heavy (non-hydrogen) atoms. The van der Waals surface area contributed by atoms with Crippen LogP contribution in [0.3, 0.4) is 0 Å². The number of halogens is 3. The maximum Gasteiger partial charge on any atom is 0.393 e. The molecule has 2 N–H and O–H groups in total. The number of aryl methyl sites for hydroxylation is 1. The smallest absolute Gasteiger partial charge is 0.319 e. The van der Waals surface area contributed by atoms with E-state index in [1.165, 1.54) is 0 Å². The zero-order chi connectivity index (χ0) is 13.7. The van der Waals surface area contributed by atoms with Crippen molar-refractivity contribution < 1.29 is 13.2 Å². The van der Waals surface area contributed by atoms with Crippen LogP contribution in [0.1, 0.15) is 43.8 Å². The Hall–Kier alpha value is -1.11. The second kappa shape index (κ2) is 4.19. The molecule has 0 aromatic carbocycles. The Kier molecular flexibility index (Phi) is 2.85. The molecule has 0 radical (unpaired) electrons. The number of nitrogens with two attached hydrogens (primary N) is 1. The molecule has 2 aliphatic rings. The summed E-state index contributed by atoms with van der Waals surface area (Å²) in [5.74, 6) is -0.110. The minimum absolute atomic E-state index is 0.0832. The van der Waals surface area contributed by atoms with E-state index in [1.807, 2.05) is 0 Å². The number of hydrogen-bond donors (Lipinski definition) is 1. The van der Waals surface area contributed by atoms with Crippen LogP contribution in [0.25, 0.3) is 0 Å². The van der Waals surface area contributed by atoms with Crippen molar-refractivity contribution in [3.8, 4) is 0 Å². The SMILES string of the molecule is NC1(c2nnc3n2CC(C(F)(F)F)CC3)CCCC1. The van der Waals surface area contributed by atoms with Crippen molar-refractivity contribution in [2.45, 2.75) is 56.8 Å². The largest absolute Gasteiger partial charge is 0.393 e. The first-order valence-corrected chi connectivity index (χ1v) is 6.68. The summed E-state index contributed by atoms with van der Waals surface area (Å²) in [5.41, 5.74) is 5.71. The molecule has 4 nitrogen and oxygen atoms in total. The van der Waals surface area contributed by atoms with Gasteiger partial charge in [-0.25, -0.2) is 0 Å². The Morgan fingerprint density at radius 3 is 2.53 bits per heavy atom. The lowest BCUT2D eigenvalue weighted by molar-refractivity contribution is -0.182. The summed E-state index contributed by atoms with van der Waals surface area (Å²) in [5, 5.41) is 8.12. The minimum atomic E-state index is -4.16. The highest BCUT2D eigenvalue weighted by molar-refractivity contribution is 5.12. The lowest BCUT2D eigenvalue weighted by atomic mass is 9.95. The lowest BCUT2D eigenvalue weighted by Gasteiger charge is -2.29. The summed E-state index contributed by atoms with van der Waals surface area (Å²) in [6, 6.07) is 0. The second-order valence-corrected chi connectivity index (χ2v) is 5.69. The van der Waals surface area contributed by atoms with E-state index in [-0.39, 0.29) is 13.0 Å². The van der Waals surface area contributed by atoms with Crippen LogP contribution in [0.5, 0.6) is 0 Å². The molecule has 1 atom stereocenters. The molecule has 1 unspecified atom stereocenters. The van der Waals surface area contributed by atoms with Gasteiger partial charge in [0.05, 0.1) is 11.5 Å². The van der Waals surface area contributed by atoms with Gasteiger partial charge in [0.1, 0.15) is 5.82 Å². The van der Waals surface area contributed by atoms with Crippen LogP contribution < -0.4 is 5.73 Å². The van der Waals surface area contributed by atoms with Crippen molar-refractivity contribution >= 4 is 0 Å². The number of alkyl halides is 3. The van der Waals surface area contributed by atoms with Gasteiger partial charge in [-0.1, -0.05) is 12.8 Å². The highest BCUT2D eigenvalue weighted by Crippen LogP contribution is 2.39. The van der Waals surface area contributed by atoms with Crippen molar-refractivity contribution in [1.82, 2.24) is 14.8 Å². The number of nitrogens with zero attached hydrogens (tertiary/aromatic N) is 3. The molecule has 0 amide bonds. The van der Waals surface area contributed by atoms with Crippen molar-refractivity contribution in [2.24, 2.45) is 11.7 Å². The Balaban J connectivity index is 1.93. The molecule has 1 saturated carbocycles. The number of rotatable bonds is 1. The summed E-state index contributed by atoms with van der Waals surface area (Å²) in [6.45, 7) is -0.0832. The van der Waals surface area contributed by atoms with Crippen LogP contribution in [-0.4, -0.2) is 20.9 Å². The Morgan fingerprint density at radius 1 is 1.21 bits per heavy atom. The molecule has 1 aromatic heterocycles. The zero-order valence-corrected chi connectivity index (χ0v) is 10.6. The standard InChI is InChI=1S/C12H17F3N4/c13-12(14,15)8-3-4-9-17-18-10(19(9)7-8)11(16)5-1-2-6-11/h8H,1-7,16H2. The maximum absolute atomic E-state index is 12.9. The Bertz CT molecular complexity index is 474. The normalized spacial score (nSPS) is 26.4. The Labute approximate surface area is 109 Å². The lowest BCUT2D eigenvalue weighted by Crippen LogP contribution is -2.40. The molecule has 1 aliphatic carbocycles. The summed E-state index contributed by atoms with van der Waals surface area (Å²) >= 11 is 0. The molecule has 0 bridgehead atoms. The number of hydrogen-bond acceptors (Lipinski definition) is 3. The molecular weight excluding hydrogens is 257 g/mol. The van der Waals surface area contributed by atoms with Crippen molar-refractivity contribution in [1.29, 1.82) is 0 Å². The molecule has 1 fully saturated rings. The van der Waals surface area contributed by atoms with Crippen LogP contribution in [0.15, 0.2) is 0 Å². The summed E-state index contributed by atoms with van der Waals surface area (Å²) in [7, 11) is 0. The average molecular weight is 274 g/mol. The molecule has 1 aromatic rings. The zero-order valence-electron chi connectivity index (χ0n) is 10.6. The molecule has 0 saturated heterocycles. The predicted octanol–water partition coefficient (Wildman–Crippen LogP) is 2.13. The topological polar surface area (TPSA) is 56.7 Å². The van der Waals surface area contributed by atoms with Crippen LogP contribution in [0.2, 0.25) is 0 Å². The maximum atomic E-state index is 12.9. The van der Waals surface area contributed by atoms with Crippen molar-refractivity contribution in [3.63, 3.8) is 0 Å². The van der Waals surface area contributed by atoms with Crippen LogP contribution >= 0.6 is 0 Å². The monoisotopic (exact) mass is 274 g/mol. The van der Waals surface area contributed by atoms with E-state index < -0.39 is 17.6 Å². The third-order valence-corrected chi connectivity index (χ3v) is 4.35. The van der Waals surface area contributed by atoms with Crippen LogP contribution in [0, 0.1) is 5.92 Å². The second-order valence-electron chi connectivity index (χ2n) is 5.69. The molecule has 7 heteroatoms. The summed E-state index contributed by atoms with van der Waals surface area (Å²) < 4.78 is 40.2. The van der Waals surface area contributed by atoms with E-state index in [2.05, 4.69) is 10.2 Å². The fourth-order valence-corrected chi connectivity index (χ4v) is 3.19. The van der Waals surface area contributed by atoms with Gasteiger partial charge in [-0.15, -0.1) is 10.2 Å². The molecular formula is C12H17F3N4. The van der Waals surface area contributed by atoms with Gasteiger partial charge < -0.3 is 10.3 Å². The fraction of sp³-hybridized carbons (Fsp3) is 0.833. The molecule has 1 aliphatic heterocycles. The summed E-state index contributed by atoms with van der Waals surface area (Å²) in [6.07, 6.45) is -0.171. The van der Waals surface area contributed by atoms with Crippen LogP contribution in [-0.2, 0) is 18.5 Å². The number of aromatic nitrogens is 3. The van der Waals surface area contributed by atoms with Gasteiger partial charge in [-0.3, -0.25) is 0 Å². The van der Waals surface area contributed by atoms with Crippen LogP contribution in [0.4, 0.5) is 13.2 Å². The van der Waals surface area contributed by atoms with Gasteiger partial charge in [0.2, 0.25) is 0 Å². The van der Waals surface area contributed by atoms with E-state index >= 15 is 0 Å². The molecule has 3 rings (SSSR count). The quantitative estimate of drug-likeness (QED) is 0.853. The third-order valence-electron chi connectivity index (χ3n) is 4.35. The van der Waals surface area contributed by atoms with Crippen molar-refractivity contribution in [3.05, 3.63) is 11.6 Å². The van der Waals surface area contributed by atoms with E-state index in [4.69, 9.17) is 5.73 Å². The summed E-state index contributed by atoms with van der Waals surface area (Å²) in [4.78, 5) is 0. The van der Waals surface area contributed by atoms with Gasteiger partial charge >= 0.3 is 6.18 Å². The van der Waals surface area contributed by atoms with E-state index in [0.29, 0.717) is 18.1 Å². The molecule has 106 valence electrons. The molecule has 0 spiro atoms. The highest BCUT2D eigenvalue weighted by atomic mass is 19.4. The van der Waals surface area contributed by atoms with Gasteiger partial charge in [-0.2, -0.15) is 13.2 Å². The predicted molar refractivity (Wildman–Crippen MR) is 62.2 cm³/mol. The molecule has 2 heterocycles. The van der Waals surface area contributed by atoms with E-state index in [9.17, 15) is 13.2 Å². The van der Waals surface area contributed by atoms with Gasteiger partial charge in [0.15, 0.2) is 5.82 Å². The van der Waals surface area contributed by atoms with Gasteiger partial charge in [0, 0.05) is 13.0 Å². The first kappa shape index (κ1) is 12.9.